The largest absolute Gasteiger partial charge is 0.478 e. The number of aryl methyl sites for hydroxylation is 1. The summed E-state index contributed by atoms with van der Waals surface area (Å²) < 4.78 is 1.72. The summed E-state index contributed by atoms with van der Waals surface area (Å²) in [5, 5.41) is 13.9. The summed E-state index contributed by atoms with van der Waals surface area (Å²) in [4.78, 5) is 14.9. The molecule has 17 heavy (non-hydrogen) atoms. The number of carbonyl (C=O) groups is 1. The van der Waals surface area contributed by atoms with E-state index in [0.717, 1.165) is 19.4 Å². The molecule has 5 nitrogen and oxygen atoms in total. The average Bonchev–Trinajstić information content (AvgIpc) is 2.63. The fourth-order valence-electron chi connectivity index (χ4n) is 1.60. The van der Waals surface area contributed by atoms with Gasteiger partial charge < -0.3 is 5.11 Å². The van der Waals surface area contributed by atoms with E-state index < -0.39 is 5.97 Å². The van der Waals surface area contributed by atoms with Crippen molar-refractivity contribution in [2.75, 3.05) is 0 Å². The molecule has 0 radical (unpaired) electrons. The summed E-state index contributed by atoms with van der Waals surface area (Å²) in [6, 6.07) is 1.50. The van der Waals surface area contributed by atoms with Crippen molar-refractivity contribution in [1.82, 2.24) is 14.8 Å². The first-order valence-corrected chi connectivity index (χ1v) is 5.76. The van der Waals surface area contributed by atoms with Crippen molar-refractivity contribution >= 4 is 28.6 Å². The smallest absolute Gasteiger partial charge is 0.337 e. The first-order valence-electron chi connectivity index (χ1n) is 5.39. The van der Waals surface area contributed by atoms with Crippen molar-refractivity contribution < 1.29 is 9.90 Å². The van der Waals surface area contributed by atoms with Crippen molar-refractivity contribution in [2.24, 2.45) is 0 Å². The molecule has 0 spiro atoms. The number of carboxylic acids is 1. The molecular formula is C11H12ClN3O2. The summed E-state index contributed by atoms with van der Waals surface area (Å²) in [5.41, 5.74) is 0.753. The summed E-state index contributed by atoms with van der Waals surface area (Å²) in [7, 11) is 0. The minimum Gasteiger partial charge on any atom is -0.478 e. The van der Waals surface area contributed by atoms with Crippen molar-refractivity contribution in [3.05, 3.63) is 23.0 Å². The number of hydrogen-bond acceptors (Lipinski definition) is 3. The van der Waals surface area contributed by atoms with Gasteiger partial charge in [-0.05, 0) is 12.5 Å². The van der Waals surface area contributed by atoms with E-state index >= 15 is 0 Å². The Morgan fingerprint density at radius 1 is 1.59 bits per heavy atom. The Bertz CT molecular complexity index is 565. The number of aromatic carboxylic acids is 1. The van der Waals surface area contributed by atoms with Crippen LogP contribution in [-0.2, 0) is 6.54 Å². The molecule has 0 amide bonds. The zero-order chi connectivity index (χ0) is 12.4. The highest BCUT2D eigenvalue weighted by Crippen LogP contribution is 2.22. The van der Waals surface area contributed by atoms with Crippen LogP contribution >= 0.6 is 11.6 Å². The van der Waals surface area contributed by atoms with Crippen LogP contribution in [0.3, 0.4) is 0 Å². The molecule has 0 atom stereocenters. The van der Waals surface area contributed by atoms with Gasteiger partial charge in [-0.15, -0.1) is 0 Å². The SMILES string of the molecule is CCCCn1nc(Cl)c2cc(C(=O)O)cnc21. The fourth-order valence-corrected chi connectivity index (χ4v) is 1.83. The molecule has 0 aliphatic rings. The maximum Gasteiger partial charge on any atom is 0.337 e. The van der Waals surface area contributed by atoms with E-state index in [4.69, 9.17) is 16.7 Å². The number of unbranched alkanes of at least 4 members (excludes halogenated alkanes) is 1. The average molecular weight is 254 g/mol. The predicted molar refractivity (Wildman–Crippen MR) is 64.4 cm³/mol. The van der Waals surface area contributed by atoms with E-state index in [-0.39, 0.29) is 5.56 Å². The van der Waals surface area contributed by atoms with Crippen LogP contribution in [0.4, 0.5) is 0 Å². The van der Waals surface area contributed by atoms with E-state index in [1.807, 2.05) is 0 Å². The molecule has 0 saturated heterocycles. The Balaban J connectivity index is 2.49. The van der Waals surface area contributed by atoms with Gasteiger partial charge in [0.15, 0.2) is 10.8 Å². The Labute approximate surface area is 103 Å². The monoisotopic (exact) mass is 253 g/mol. The van der Waals surface area contributed by atoms with Crippen LogP contribution < -0.4 is 0 Å². The fraction of sp³-hybridized carbons (Fsp3) is 0.364. The molecule has 1 N–H and O–H groups in total. The third-order valence-corrected chi connectivity index (χ3v) is 2.79. The predicted octanol–water partition coefficient (Wildman–Crippen LogP) is 2.58. The van der Waals surface area contributed by atoms with Crippen molar-refractivity contribution in [3.8, 4) is 0 Å². The summed E-state index contributed by atoms with van der Waals surface area (Å²) >= 11 is 5.97. The van der Waals surface area contributed by atoms with Gasteiger partial charge in [0.25, 0.3) is 0 Å². The second-order valence-corrected chi connectivity index (χ2v) is 4.13. The lowest BCUT2D eigenvalue weighted by molar-refractivity contribution is 0.0696. The third-order valence-electron chi connectivity index (χ3n) is 2.51. The van der Waals surface area contributed by atoms with E-state index in [2.05, 4.69) is 17.0 Å². The lowest BCUT2D eigenvalue weighted by Crippen LogP contribution is -2.02. The number of aromatic nitrogens is 3. The van der Waals surface area contributed by atoms with Gasteiger partial charge in [-0.3, -0.25) is 0 Å². The number of nitrogens with zero attached hydrogens (tertiary/aromatic N) is 3. The number of hydrogen-bond donors (Lipinski definition) is 1. The lowest BCUT2D eigenvalue weighted by atomic mass is 10.2. The molecule has 6 heteroatoms. The van der Waals surface area contributed by atoms with Gasteiger partial charge in [-0.1, -0.05) is 24.9 Å². The molecule has 0 fully saturated rings. The van der Waals surface area contributed by atoms with Gasteiger partial charge in [-0.2, -0.15) is 5.10 Å². The quantitative estimate of drug-likeness (QED) is 0.909. The highest BCUT2D eigenvalue weighted by atomic mass is 35.5. The van der Waals surface area contributed by atoms with E-state index in [1.165, 1.54) is 12.3 Å². The maximum atomic E-state index is 10.8. The first kappa shape index (κ1) is 11.9. The molecule has 2 rings (SSSR count). The second-order valence-electron chi connectivity index (χ2n) is 3.77. The van der Waals surface area contributed by atoms with Gasteiger partial charge in [0.1, 0.15) is 0 Å². The zero-order valence-corrected chi connectivity index (χ0v) is 10.1. The molecule has 2 heterocycles. The number of carboxylic acid groups (broad SMARTS) is 1. The minimum absolute atomic E-state index is 0.120. The topological polar surface area (TPSA) is 68.0 Å². The number of fused-ring (bicyclic) bond motifs is 1. The van der Waals surface area contributed by atoms with E-state index in [1.54, 1.807) is 4.68 Å². The molecule has 90 valence electrons. The van der Waals surface area contributed by atoms with Gasteiger partial charge in [0.05, 0.1) is 10.9 Å². The van der Waals surface area contributed by atoms with Gasteiger partial charge in [-0.25, -0.2) is 14.5 Å². The number of halogens is 1. The van der Waals surface area contributed by atoms with Crippen LogP contribution in [0.1, 0.15) is 30.1 Å². The molecule has 2 aromatic rings. The maximum absolute atomic E-state index is 10.8. The van der Waals surface area contributed by atoms with Crippen LogP contribution in [-0.4, -0.2) is 25.8 Å². The highest BCUT2D eigenvalue weighted by Gasteiger charge is 2.12. The van der Waals surface area contributed by atoms with Crippen molar-refractivity contribution in [3.63, 3.8) is 0 Å². The summed E-state index contributed by atoms with van der Waals surface area (Å²) in [6.45, 7) is 2.82. The Morgan fingerprint density at radius 3 is 3.00 bits per heavy atom. The van der Waals surface area contributed by atoms with Crippen molar-refractivity contribution in [1.29, 1.82) is 0 Å². The van der Waals surface area contributed by atoms with Crippen LogP contribution in [0.25, 0.3) is 11.0 Å². The normalized spacial score (nSPS) is 10.9. The summed E-state index contributed by atoms with van der Waals surface area (Å²) in [6.07, 6.45) is 3.35. The van der Waals surface area contributed by atoms with Crippen LogP contribution in [0.5, 0.6) is 0 Å². The van der Waals surface area contributed by atoms with Gasteiger partial charge >= 0.3 is 5.97 Å². The highest BCUT2D eigenvalue weighted by molar-refractivity contribution is 6.34. The van der Waals surface area contributed by atoms with Crippen LogP contribution in [0.15, 0.2) is 12.3 Å². The first-order chi connectivity index (χ1) is 8.13. The van der Waals surface area contributed by atoms with Crippen LogP contribution in [0, 0.1) is 0 Å². The molecular weight excluding hydrogens is 242 g/mol. The standard InChI is InChI=1S/C11H12ClN3O2/c1-2-3-4-15-10-8(9(12)14-15)5-7(6-13-10)11(16)17/h5-6H,2-4H2,1H3,(H,16,17). The molecule has 2 aromatic heterocycles. The molecule has 0 aliphatic carbocycles. The number of rotatable bonds is 4. The Kier molecular flexibility index (Phi) is 3.28. The third kappa shape index (κ3) is 2.24. The number of pyridine rings is 1. The van der Waals surface area contributed by atoms with Gasteiger partial charge in [0, 0.05) is 12.7 Å². The van der Waals surface area contributed by atoms with Crippen molar-refractivity contribution in [2.45, 2.75) is 26.3 Å². The summed E-state index contributed by atoms with van der Waals surface area (Å²) in [5.74, 6) is -1.02. The Hall–Kier alpha value is -1.62. The van der Waals surface area contributed by atoms with Crippen LogP contribution in [0.2, 0.25) is 5.15 Å². The minimum atomic E-state index is -1.02. The zero-order valence-electron chi connectivity index (χ0n) is 9.35. The molecule has 0 aromatic carbocycles. The van der Waals surface area contributed by atoms with Gasteiger partial charge in [0.2, 0.25) is 0 Å². The van der Waals surface area contributed by atoms with E-state index in [9.17, 15) is 4.79 Å². The molecule has 0 unspecified atom stereocenters. The molecule has 0 saturated carbocycles. The molecule has 0 bridgehead atoms. The lowest BCUT2D eigenvalue weighted by Gasteiger charge is -2.00. The molecule has 0 aliphatic heterocycles. The Morgan fingerprint density at radius 2 is 2.35 bits per heavy atom. The second kappa shape index (κ2) is 4.71. The van der Waals surface area contributed by atoms with E-state index in [0.29, 0.717) is 16.2 Å².